The summed E-state index contributed by atoms with van der Waals surface area (Å²) in [5.74, 6) is 0.589. The van der Waals surface area contributed by atoms with Crippen LogP contribution in [0.3, 0.4) is 0 Å². The number of hydrogen-bond donors (Lipinski definition) is 0. The van der Waals surface area contributed by atoms with Crippen molar-refractivity contribution < 1.29 is 4.74 Å². The lowest BCUT2D eigenvalue weighted by molar-refractivity contribution is 0.263. The third kappa shape index (κ3) is 4.82. The summed E-state index contributed by atoms with van der Waals surface area (Å²) in [5.41, 5.74) is 3.22. The van der Waals surface area contributed by atoms with E-state index < -0.39 is 0 Å². The average Bonchev–Trinajstić information content (AvgIpc) is 2.69. The van der Waals surface area contributed by atoms with Gasteiger partial charge in [0.25, 0.3) is 0 Å². The van der Waals surface area contributed by atoms with E-state index in [1.165, 1.54) is 0 Å². The Bertz CT molecular complexity index is 1070. The third-order valence-electron chi connectivity index (χ3n) is 4.24. The maximum absolute atomic E-state index is 6.26. The van der Waals surface area contributed by atoms with E-state index >= 15 is 0 Å². The summed E-state index contributed by atoms with van der Waals surface area (Å²) in [5, 5.41) is 3.03. The topological polar surface area (TPSA) is 9.23 Å². The van der Waals surface area contributed by atoms with Crippen molar-refractivity contribution in [2.75, 3.05) is 0 Å². The minimum Gasteiger partial charge on any atom is -0.487 e. The zero-order chi connectivity index (χ0) is 19.2. The lowest BCUT2D eigenvalue weighted by atomic mass is 10.0. The molecule has 0 bridgehead atoms. The van der Waals surface area contributed by atoms with Gasteiger partial charge < -0.3 is 4.74 Å². The second kappa shape index (κ2) is 8.94. The largest absolute Gasteiger partial charge is 0.487 e. The van der Waals surface area contributed by atoms with E-state index in [4.69, 9.17) is 27.9 Å². The van der Waals surface area contributed by atoms with Crippen molar-refractivity contribution in [1.82, 2.24) is 0 Å². The third-order valence-corrected chi connectivity index (χ3v) is 4.64. The highest BCUT2D eigenvalue weighted by Gasteiger charge is 2.07. The minimum atomic E-state index is 0.379. The quantitative estimate of drug-likeness (QED) is 0.524. The molecule has 27 heavy (non-hydrogen) atoms. The van der Waals surface area contributed by atoms with Crippen LogP contribution < -0.4 is 10.4 Å². The highest BCUT2D eigenvalue weighted by Crippen LogP contribution is 2.21. The standard InChI is InChI=1S/C24H20Cl2O/c1-3-19-14-21(20-10-7-11-22(26)15-20)12-13-23(19)24(17(2)25)27-16-18-8-5-4-6-9-18/h3-15H,2,16H2,1H3/b19-3?,24-23+. The molecule has 0 atom stereocenters. The van der Waals surface area contributed by atoms with E-state index in [1.807, 2.05) is 79.7 Å². The highest BCUT2D eigenvalue weighted by atomic mass is 35.5. The van der Waals surface area contributed by atoms with Crippen LogP contribution in [0.1, 0.15) is 12.5 Å². The molecule has 0 radical (unpaired) electrons. The van der Waals surface area contributed by atoms with Crippen LogP contribution in [0.5, 0.6) is 0 Å². The lowest BCUT2D eigenvalue weighted by Gasteiger charge is -2.11. The molecule has 0 saturated carbocycles. The number of halogens is 2. The second-order valence-electron chi connectivity index (χ2n) is 6.11. The molecule has 136 valence electrons. The molecule has 3 heteroatoms. The molecule has 3 rings (SSSR count). The van der Waals surface area contributed by atoms with Crippen molar-refractivity contribution in [1.29, 1.82) is 0 Å². The summed E-state index contributed by atoms with van der Waals surface area (Å²) in [4.78, 5) is 0. The second-order valence-corrected chi connectivity index (χ2v) is 7.00. The van der Waals surface area contributed by atoms with Gasteiger partial charge in [-0.25, -0.2) is 0 Å². The molecule has 3 aromatic carbocycles. The molecule has 0 aliphatic carbocycles. The Hall–Kier alpha value is -2.48. The molecule has 1 nitrogen and oxygen atoms in total. The Morgan fingerprint density at radius 1 is 0.963 bits per heavy atom. The van der Waals surface area contributed by atoms with Crippen LogP contribution >= 0.6 is 23.2 Å². The lowest BCUT2D eigenvalue weighted by Crippen LogP contribution is -2.27. The first-order valence-corrected chi connectivity index (χ1v) is 9.42. The molecule has 0 amide bonds. The van der Waals surface area contributed by atoms with Gasteiger partial charge in [-0.05, 0) is 53.1 Å². The van der Waals surface area contributed by atoms with Crippen molar-refractivity contribution in [3.63, 3.8) is 0 Å². The van der Waals surface area contributed by atoms with Crippen molar-refractivity contribution in [2.24, 2.45) is 0 Å². The van der Waals surface area contributed by atoms with Crippen LogP contribution in [0.4, 0.5) is 0 Å². The minimum absolute atomic E-state index is 0.379. The molecule has 0 aliphatic rings. The predicted octanol–water partition coefficient (Wildman–Crippen LogP) is 5.88. The molecular formula is C24H20Cl2O. The van der Waals surface area contributed by atoms with Crippen LogP contribution in [0.25, 0.3) is 23.0 Å². The van der Waals surface area contributed by atoms with Gasteiger partial charge in [0.05, 0.1) is 5.03 Å². The van der Waals surface area contributed by atoms with Crippen LogP contribution in [0, 0.1) is 0 Å². The predicted molar refractivity (Wildman–Crippen MR) is 116 cm³/mol. The molecule has 0 N–H and O–H groups in total. The van der Waals surface area contributed by atoms with Crippen molar-refractivity contribution in [2.45, 2.75) is 13.5 Å². The summed E-state index contributed by atoms with van der Waals surface area (Å²) >= 11 is 12.4. The fraction of sp³-hybridized carbons (Fsp3) is 0.0833. The molecule has 0 spiro atoms. The Morgan fingerprint density at radius 3 is 2.37 bits per heavy atom. The molecule has 0 aliphatic heterocycles. The van der Waals surface area contributed by atoms with Gasteiger partial charge in [0.15, 0.2) is 0 Å². The van der Waals surface area contributed by atoms with Gasteiger partial charge in [0.2, 0.25) is 0 Å². The molecule has 0 saturated heterocycles. The molecule has 0 heterocycles. The van der Waals surface area contributed by atoms with Crippen molar-refractivity contribution in [3.05, 3.63) is 105 Å². The van der Waals surface area contributed by atoms with Crippen molar-refractivity contribution >= 4 is 35.0 Å². The maximum atomic E-state index is 6.26. The SMILES string of the molecule is C=C(Cl)/C(OCc1ccccc1)=c1/ccc(-c2cccc(Cl)c2)cc1=CC. The van der Waals surface area contributed by atoms with E-state index in [9.17, 15) is 0 Å². The van der Waals surface area contributed by atoms with Crippen molar-refractivity contribution in [3.8, 4) is 11.1 Å². The Labute approximate surface area is 169 Å². The van der Waals surface area contributed by atoms with Gasteiger partial charge in [0, 0.05) is 10.2 Å². The van der Waals surface area contributed by atoms with Gasteiger partial charge in [-0.2, -0.15) is 0 Å². The molecule has 0 unspecified atom stereocenters. The van der Waals surface area contributed by atoms with Crippen LogP contribution in [-0.2, 0) is 11.3 Å². The van der Waals surface area contributed by atoms with Gasteiger partial charge in [-0.15, -0.1) is 0 Å². The summed E-state index contributed by atoms with van der Waals surface area (Å²) in [6.07, 6.45) is 2.04. The fourth-order valence-corrected chi connectivity index (χ4v) is 3.23. The van der Waals surface area contributed by atoms with E-state index in [0.717, 1.165) is 27.1 Å². The Kier molecular flexibility index (Phi) is 6.39. The normalized spacial score (nSPS) is 12.6. The highest BCUT2D eigenvalue weighted by molar-refractivity contribution is 6.34. The fourth-order valence-electron chi connectivity index (χ4n) is 2.89. The monoisotopic (exact) mass is 394 g/mol. The summed E-state index contributed by atoms with van der Waals surface area (Å²) in [6.45, 7) is 6.31. The molecule has 0 aromatic heterocycles. The van der Waals surface area contributed by atoms with E-state index in [0.29, 0.717) is 22.4 Å². The molecule has 3 aromatic rings. The van der Waals surface area contributed by atoms with E-state index in [1.54, 1.807) is 0 Å². The summed E-state index contributed by atoms with van der Waals surface area (Å²) < 4.78 is 6.03. The van der Waals surface area contributed by atoms with E-state index in [-0.39, 0.29) is 0 Å². The zero-order valence-corrected chi connectivity index (χ0v) is 16.6. The number of hydrogen-bond acceptors (Lipinski definition) is 1. The Morgan fingerprint density at radius 2 is 1.70 bits per heavy atom. The van der Waals surface area contributed by atoms with Crippen LogP contribution in [-0.4, -0.2) is 0 Å². The summed E-state index contributed by atoms with van der Waals surface area (Å²) in [6, 6.07) is 23.9. The summed E-state index contributed by atoms with van der Waals surface area (Å²) in [7, 11) is 0. The van der Waals surface area contributed by atoms with Crippen LogP contribution in [0.2, 0.25) is 5.02 Å². The zero-order valence-electron chi connectivity index (χ0n) is 15.1. The van der Waals surface area contributed by atoms with Gasteiger partial charge in [0.1, 0.15) is 12.4 Å². The average molecular weight is 395 g/mol. The van der Waals surface area contributed by atoms with Gasteiger partial charge in [-0.1, -0.05) is 84.4 Å². The van der Waals surface area contributed by atoms with Crippen LogP contribution in [0.15, 0.2) is 84.4 Å². The number of ether oxygens (including phenoxy) is 1. The number of benzene rings is 3. The van der Waals surface area contributed by atoms with E-state index in [2.05, 4.69) is 12.6 Å². The smallest absolute Gasteiger partial charge is 0.145 e. The first kappa shape index (κ1) is 19.3. The first-order chi connectivity index (χ1) is 13.1. The number of rotatable bonds is 5. The molecular weight excluding hydrogens is 375 g/mol. The maximum Gasteiger partial charge on any atom is 0.145 e. The van der Waals surface area contributed by atoms with Gasteiger partial charge >= 0.3 is 0 Å². The van der Waals surface area contributed by atoms with Gasteiger partial charge in [-0.3, -0.25) is 0 Å². The Balaban J connectivity index is 2.05. The molecule has 0 fully saturated rings. The first-order valence-electron chi connectivity index (χ1n) is 8.66.